The van der Waals surface area contributed by atoms with Crippen molar-refractivity contribution in [2.45, 2.75) is 19.4 Å². The lowest BCUT2D eigenvalue weighted by atomic mass is 10.1. The van der Waals surface area contributed by atoms with Gasteiger partial charge in [-0.25, -0.2) is 0 Å². The largest absolute Gasteiger partial charge is 0.355 e. The molecule has 106 valence electrons. The van der Waals surface area contributed by atoms with E-state index in [9.17, 15) is 4.79 Å². The van der Waals surface area contributed by atoms with E-state index in [4.69, 9.17) is 5.73 Å². The number of aromatic nitrogens is 3. The fourth-order valence-corrected chi connectivity index (χ4v) is 1.89. The van der Waals surface area contributed by atoms with Crippen LogP contribution in [0, 0.1) is 0 Å². The number of hydrogen-bond acceptors (Lipinski definition) is 4. The Kier molecular flexibility index (Phi) is 4.84. The standard InChI is InChI=1S/C14H19N5O/c1-19-10-17-18-13(19)6-7-16-14(20)8-11-2-4-12(9-15)5-3-11/h2-5,10H,6-9,15H2,1H3,(H,16,20). The van der Waals surface area contributed by atoms with Crippen LogP contribution >= 0.6 is 0 Å². The summed E-state index contributed by atoms with van der Waals surface area (Å²) in [6.07, 6.45) is 2.70. The summed E-state index contributed by atoms with van der Waals surface area (Å²) in [4.78, 5) is 11.8. The molecule has 0 saturated heterocycles. The molecule has 1 heterocycles. The molecule has 0 fully saturated rings. The van der Waals surface area contributed by atoms with Crippen LogP contribution in [0.1, 0.15) is 17.0 Å². The summed E-state index contributed by atoms with van der Waals surface area (Å²) in [5.41, 5.74) is 7.58. The Labute approximate surface area is 118 Å². The highest BCUT2D eigenvalue weighted by Crippen LogP contribution is 2.04. The van der Waals surface area contributed by atoms with E-state index in [0.717, 1.165) is 17.0 Å². The lowest BCUT2D eigenvalue weighted by Crippen LogP contribution is -2.27. The number of amides is 1. The smallest absolute Gasteiger partial charge is 0.224 e. The molecule has 0 aliphatic rings. The van der Waals surface area contributed by atoms with Crippen LogP contribution in [0.5, 0.6) is 0 Å². The first-order valence-electron chi connectivity index (χ1n) is 6.56. The molecule has 0 radical (unpaired) electrons. The zero-order valence-corrected chi connectivity index (χ0v) is 11.5. The third-order valence-corrected chi connectivity index (χ3v) is 3.10. The Morgan fingerprint density at radius 1 is 1.30 bits per heavy atom. The zero-order chi connectivity index (χ0) is 14.4. The predicted octanol–water partition coefficient (Wildman–Crippen LogP) is 0.175. The van der Waals surface area contributed by atoms with Crippen LogP contribution in [0.2, 0.25) is 0 Å². The molecule has 2 aromatic rings. The first-order valence-corrected chi connectivity index (χ1v) is 6.56. The van der Waals surface area contributed by atoms with Gasteiger partial charge in [0, 0.05) is 26.6 Å². The van der Waals surface area contributed by atoms with Crippen molar-refractivity contribution in [3.63, 3.8) is 0 Å². The number of carbonyl (C=O) groups excluding carboxylic acids is 1. The summed E-state index contributed by atoms with van der Waals surface area (Å²) >= 11 is 0. The average molecular weight is 273 g/mol. The average Bonchev–Trinajstić information content (AvgIpc) is 2.85. The molecule has 0 atom stereocenters. The molecular formula is C14H19N5O. The van der Waals surface area contributed by atoms with Gasteiger partial charge in [-0.1, -0.05) is 24.3 Å². The third kappa shape index (κ3) is 3.89. The van der Waals surface area contributed by atoms with Gasteiger partial charge < -0.3 is 15.6 Å². The zero-order valence-electron chi connectivity index (χ0n) is 11.5. The van der Waals surface area contributed by atoms with E-state index in [0.29, 0.717) is 25.9 Å². The molecule has 3 N–H and O–H groups in total. The highest BCUT2D eigenvalue weighted by atomic mass is 16.1. The van der Waals surface area contributed by atoms with Gasteiger partial charge in [0.15, 0.2) is 0 Å². The number of benzene rings is 1. The molecule has 1 amide bonds. The maximum absolute atomic E-state index is 11.8. The van der Waals surface area contributed by atoms with Gasteiger partial charge >= 0.3 is 0 Å². The number of nitrogens with two attached hydrogens (primary N) is 1. The van der Waals surface area contributed by atoms with E-state index in [1.807, 2.05) is 35.9 Å². The molecule has 0 unspecified atom stereocenters. The molecule has 1 aromatic carbocycles. The highest BCUT2D eigenvalue weighted by Gasteiger charge is 2.05. The molecule has 0 aliphatic carbocycles. The van der Waals surface area contributed by atoms with Crippen molar-refractivity contribution in [1.82, 2.24) is 20.1 Å². The summed E-state index contributed by atoms with van der Waals surface area (Å²) in [6.45, 7) is 1.08. The maximum Gasteiger partial charge on any atom is 0.224 e. The number of aryl methyl sites for hydroxylation is 1. The van der Waals surface area contributed by atoms with E-state index >= 15 is 0 Å². The topological polar surface area (TPSA) is 85.8 Å². The number of nitrogens with one attached hydrogen (secondary N) is 1. The van der Waals surface area contributed by atoms with Crippen molar-refractivity contribution in [2.24, 2.45) is 12.8 Å². The molecule has 20 heavy (non-hydrogen) atoms. The van der Waals surface area contributed by atoms with Crippen LogP contribution < -0.4 is 11.1 Å². The lowest BCUT2D eigenvalue weighted by Gasteiger charge is -2.05. The van der Waals surface area contributed by atoms with Gasteiger partial charge in [-0.15, -0.1) is 10.2 Å². The van der Waals surface area contributed by atoms with Gasteiger partial charge in [0.05, 0.1) is 6.42 Å². The van der Waals surface area contributed by atoms with Crippen LogP contribution in [0.4, 0.5) is 0 Å². The minimum absolute atomic E-state index is 0.00710. The Balaban J connectivity index is 1.76. The van der Waals surface area contributed by atoms with Gasteiger partial charge in [-0.2, -0.15) is 0 Å². The SMILES string of the molecule is Cn1cnnc1CCNC(=O)Cc1ccc(CN)cc1. The van der Waals surface area contributed by atoms with E-state index in [1.165, 1.54) is 0 Å². The van der Waals surface area contributed by atoms with Gasteiger partial charge in [0.2, 0.25) is 5.91 Å². The minimum Gasteiger partial charge on any atom is -0.355 e. The van der Waals surface area contributed by atoms with E-state index in [1.54, 1.807) is 6.33 Å². The summed E-state index contributed by atoms with van der Waals surface area (Å²) in [6, 6.07) is 7.76. The molecule has 6 nitrogen and oxygen atoms in total. The van der Waals surface area contributed by atoms with Gasteiger partial charge in [0.1, 0.15) is 12.2 Å². The van der Waals surface area contributed by atoms with Crippen molar-refractivity contribution in [3.05, 3.63) is 47.5 Å². The monoisotopic (exact) mass is 273 g/mol. The summed E-state index contributed by atoms with van der Waals surface area (Å²) in [7, 11) is 1.89. The summed E-state index contributed by atoms with van der Waals surface area (Å²) < 4.78 is 1.84. The Morgan fingerprint density at radius 2 is 2.00 bits per heavy atom. The third-order valence-electron chi connectivity index (χ3n) is 3.10. The Hall–Kier alpha value is -2.21. The first kappa shape index (κ1) is 14.2. The van der Waals surface area contributed by atoms with Crippen LogP contribution in [-0.2, 0) is 31.2 Å². The first-order chi connectivity index (χ1) is 9.69. The van der Waals surface area contributed by atoms with E-state index in [-0.39, 0.29) is 5.91 Å². The fraction of sp³-hybridized carbons (Fsp3) is 0.357. The molecule has 0 saturated carbocycles. The molecule has 0 spiro atoms. The minimum atomic E-state index is 0.00710. The second-order valence-corrected chi connectivity index (χ2v) is 4.66. The van der Waals surface area contributed by atoms with Crippen molar-refractivity contribution < 1.29 is 4.79 Å². The normalized spacial score (nSPS) is 10.5. The van der Waals surface area contributed by atoms with Crippen LogP contribution in [-0.4, -0.2) is 27.2 Å². The maximum atomic E-state index is 11.8. The van der Waals surface area contributed by atoms with E-state index in [2.05, 4.69) is 15.5 Å². The van der Waals surface area contributed by atoms with Crippen molar-refractivity contribution in [1.29, 1.82) is 0 Å². The van der Waals surface area contributed by atoms with Crippen molar-refractivity contribution >= 4 is 5.91 Å². The summed E-state index contributed by atoms with van der Waals surface area (Å²) in [5, 5.41) is 10.6. The number of carbonyl (C=O) groups is 1. The Morgan fingerprint density at radius 3 is 2.60 bits per heavy atom. The van der Waals surface area contributed by atoms with E-state index < -0.39 is 0 Å². The van der Waals surface area contributed by atoms with Crippen LogP contribution in [0.3, 0.4) is 0 Å². The highest BCUT2D eigenvalue weighted by molar-refractivity contribution is 5.78. The second kappa shape index (κ2) is 6.81. The predicted molar refractivity (Wildman–Crippen MR) is 75.8 cm³/mol. The van der Waals surface area contributed by atoms with Gasteiger partial charge in [-0.3, -0.25) is 4.79 Å². The van der Waals surface area contributed by atoms with Gasteiger partial charge in [0.25, 0.3) is 0 Å². The van der Waals surface area contributed by atoms with Crippen LogP contribution in [0.15, 0.2) is 30.6 Å². The summed E-state index contributed by atoms with van der Waals surface area (Å²) in [5.74, 6) is 0.866. The molecular weight excluding hydrogens is 254 g/mol. The second-order valence-electron chi connectivity index (χ2n) is 4.66. The lowest BCUT2D eigenvalue weighted by molar-refractivity contribution is -0.120. The molecule has 6 heteroatoms. The van der Waals surface area contributed by atoms with Crippen LogP contribution in [0.25, 0.3) is 0 Å². The number of nitrogens with zero attached hydrogens (tertiary/aromatic N) is 3. The molecule has 1 aromatic heterocycles. The Bertz CT molecular complexity index is 561. The molecule has 0 bridgehead atoms. The van der Waals surface area contributed by atoms with Crippen molar-refractivity contribution in [2.75, 3.05) is 6.54 Å². The number of hydrogen-bond donors (Lipinski definition) is 2. The number of rotatable bonds is 6. The quantitative estimate of drug-likeness (QED) is 0.786. The van der Waals surface area contributed by atoms with Crippen molar-refractivity contribution in [3.8, 4) is 0 Å². The molecule has 0 aliphatic heterocycles. The van der Waals surface area contributed by atoms with Gasteiger partial charge in [-0.05, 0) is 11.1 Å². The fourth-order valence-electron chi connectivity index (χ4n) is 1.89. The molecule has 2 rings (SSSR count).